The van der Waals surface area contributed by atoms with Gasteiger partial charge in [0, 0.05) is 17.1 Å². The molecule has 0 spiro atoms. The largest absolute Gasteiger partial charge is 0.480 e. The van der Waals surface area contributed by atoms with Crippen LogP contribution < -0.4 is 5.32 Å². The number of carbonyl (C=O) groups is 2. The van der Waals surface area contributed by atoms with E-state index in [1.807, 2.05) is 11.8 Å². The number of hydrogen-bond donors (Lipinski definition) is 3. The molecule has 7 nitrogen and oxygen atoms in total. The Hall–Kier alpha value is -1.83. The van der Waals surface area contributed by atoms with Gasteiger partial charge >= 0.3 is 12.0 Å². The summed E-state index contributed by atoms with van der Waals surface area (Å²) in [6.45, 7) is 3.14. The van der Waals surface area contributed by atoms with Gasteiger partial charge in [0.2, 0.25) is 0 Å². The lowest BCUT2D eigenvalue weighted by Gasteiger charge is -2.48. The van der Waals surface area contributed by atoms with Crippen LogP contribution in [0.1, 0.15) is 25.3 Å². The number of halogens is 1. The summed E-state index contributed by atoms with van der Waals surface area (Å²) in [6.07, 6.45) is 1.50. The molecule has 1 aromatic rings. The van der Waals surface area contributed by atoms with E-state index < -0.39 is 11.6 Å². The molecule has 3 N–H and O–H groups in total. The Bertz CT molecular complexity index is 670. The molecule has 26 heavy (non-hydrogen) atoms. The van der Waals surface area contributed by atoms with Crippen LogP contribution >= 0.6 is 11.6 Å². The van der Waals surface area contributed by atoms with Gasteiger partial charge in [-0.15, -0.1) is 0 Å². The summed E-state index contributed by atoms with van der Waals surface area (Å²) in [4.78, 5) is 26.6. The molecule has 0 unspecified atom stereocenters. The van der Waals surface area contributed by atoms with E-state index in [1.165, 1.54) is 0 Å². The molecule has 0 aromatic heterocycles. The number of β-amino-alcohol motifs (C(OH)–C–C–N with tert-alkyl or cyclic N) is 1. The Kier molecular flexibility index (Phi) is 5.41. The average Bonchev–Trinajstić information content (AvgIpc) is 2.53. The van der Waals surface area contributed by atoms with Crippen molar-refractivity contribution in [1.29, 1.82) is 0 Å². The number of likely N-dealkylation sites (N-methyl/N-ethyl adjacent to an activating group) is 1. The first kappa shape index (κ1) is 18.9. The van der Waals surface area contributed by atoms with E-state index in [9.17, 15) is 14.7 Å². The summed E-state index contributed by atoms with van der Waals surface area (Å²) < 4.78 is 0. The number of likely N-dealkylation sites (tertiary alicyclic amines) is 1. The highest BCUT2D eigenvalue weighted by Crippen LogP contribution is 2.33. The van der Waals surface area contributed by atoms with Gasteiger partial charge in [0.1, 0.15) is 5.60 Å². The van der Waals surface area contributed by atoms with Crippen molar-refractivity contribution >= 4 is 23.6 Å². The fourth-order valence-electron chi connectivity index (χ4n) is 3.61. The first-order valence-corrected chi connectivity index (χ1v) is 9.18. The second-order valence-electron chi connectivity index (χ2n) is 7.12. The van der Waals surface area contributed by atoms with Crippen molar-refractivity contribution < 1.29 is 19.8 Å². The highest BCUT2D eigenvalue weighted by molar-refractivity contribution is 6.30. The minimum Gasteiger partial charge on any atom is -0.480 e. The van der Waals surface area contributed by atoms with Gasteiger partial charge in [-0.25, -0.2) is 4.79 Å². The van der Waals surface area contributed by atoms with Crippen LogP contribution in [0.15, 0.2) is 24.3 Å². The number of amides is 2. The van der Waals surface area contributed by atoms with E-state index in [1.54, 1.807) is 29.2 Å². The second-order valence-corrected chi connectivity index (χ2v) is 7.56. The van der Waals surface area contributed by atoms with Gasteiger partial charge in [-0.3, -0.25) is 9.69 Å². The van der Waals surface area contributed by atoms with Gasteiger partial charge in [-0.05, 0) is 37.1 Å². The molecule has 1 saturated heterocycles. The average molecular weight is 382 g/mol. The molecule has 1 aromatic carbocycles. The van der Waals surface area contributed by atoms with Crippen LogP contribution in [0, 0.1) is 0 Å². The molecule has 0 radical (unpaired) electrons. The summed E-state index contributed by atoms with van der Waals surface area (Å²) >= 11 is 5.86. The van der Waals surface area contributed by atoms with E-state index in [-0.39, 0.29) is 37.7 Å². The van der Waals surface area contributed by atoms with E-state index in [0.717, 1.165) is 18.4 Å². The zero-order chi connectivity index (χ0) is 18.9. The first-order valence-electron chi connectivity index (χ1n) is 8.80. The Balaban J connectivity index is 1.44. The molecule has 1 aliphatic heterocycles. The fourth-order valence-corrected chi connectivity index (χ4v) is 3.74. The summed E-state index contributed by atoms with van der Waals surface area (Å²) in [6, 6.07) is 7.06. The topological polar surface area (TPSA) is 93.1 Å². The maximum Gasteiger partial charge on any atom is 0.317 e. The number of aliphatic carboxylic acids is 1. The van der Waals surface area contributed by atoms with Crippen molar-refractivity contribution in [2.75, 3.05) is 26.2 Å². The molecule has 8 heteroatoms. The molecule has 3 rings (SSSR count). The van der Waals surface area contributed by atoms with E-state index >= 15 is 0 Å². The number of hydrogen-bond acceptors (Lipinski definition) is 4. The number of benzene rings is 1. The molecule has 2 fully saturated rings. The van der Waals surface area contributed by atoms with Crippen LogP contribution in [0.5, 0.6) is 0 Å². The lowest BCUT2D eigenvalue weighted by molar-refractivity contribution is -0.139. The van der Waals surface area contributed by atoms with Gasteiger partial charge in [-0.2, -0.15) is 0 Å². The summed E-state index contributed by atoms with van der Waals surface area (Å²) in [5.74, 6) is -0.832. The van der Waals surface area contributed by atoms with Crippen molar-refractivity contribution in [3.8, 4) is 0 Å². The number of urea groups is 1. The SMILES string of the molecule is CCN(CC(=O)O)C1CC(NC(=O)N2CC(O)(c3ccc(Cl)cc3)C2)C1. The Labute approximate surface area is 157 Å². The third-order valence-electron chi connectivity index (χ3n) is 5.28. The minimum absolute atomic E-state index is 0.0298. The number of nitrogens with zero attached hydrogens (tertiary/aromatic N) is 2. The molecule has 2 aliphatic rings. The van der Waals surface area contributed by atoms with Crippen molar-refractivity contribution in [2.45, 2.75) is 37.5 Å². The standard InChI is InChI=1S/C18H24ClN3O4/c1-2-21(9-16(23)24)15-7-14(8-15)20-17(25)22-10-18(26,11-22)12-3-5-13(19)6-4-12/h3-6,14-15,26H,2,7-11H2,1H3,(H,20,25)(H,23,24). The predicted molar refractivity (Wildman–Crippen MR) is 97.1 cm³/mol. The Morgan fingerprint density at radius 1 is 1.31 bits per heavy atom. The molecule has 1 aliphatic carbocycles. The molecule has 0 bridgehead atoms. The van der Waals surface area contributed by atoms with Gasteiger partial charge in [0.05, 0.1) is 19.6 Å². The van der Waals surface area contributed by atoms with Crippen LogP contribution in [-0.2, 0) is 10.4 Å². The molecule has 1 heterocycles. The van der Waals surface area contributed by atoms with E-state index in [2.05, 4.69) is 5.32 Å². The van der Waals surface area contributed by atoms with Crippen LogP contribution in [0.3, 0.4) is 0 Å². The number of aliphatic hydroxyl groups is 1. The molecule has 1 saturated carbocycles. The molecular formula is C18H24ClN3O4. The summed E-state index contributed by atoms with van der Waals surface area (Å²) in [5, 5.41) is 23.1. The maximum absolute atomic E-state index is 12.3. The van der Waals surface area contributed by atoms with Gasteiger partial charge < -0.3 is 20.4 Å². The molecule has 2 amide bonds. The van der Waals surface area contributed by atoms with Gasteiger partial charge in [-0.1, -0.05) is 30.7 Å². The fraction of sp³-hybridized carbons (Fsp3) is 0.556. The summed E-state index contributed by atoms with van der Waals surface area (Å²) in [7, 11) is 0. The van der Waals surface area contributed by atoms with Crippen LogP contribution in [0.2, 0.25) is 5.02 Å². The zero-order valence-electron chi connectivity index (χ0n) is 14.7. The van der Waals surface area contributed by atoms with E-state index in [4.69, 9.17) is 16.7 Å². The third kappa shape index (κ3) is 3.95. The van der Waals surface area contributed by atoms with Crippen molar-refractivity contribution in [1.82, 2.24) is 15.1 Å². The first-order chi connectivity index (χ1) is 12.3. The summed E-state index contributed by atoms with van der Waals surface area (Å²) in [5.41, 5.74) is -0.271. The molecular weight excluding hydrogens is 358 g/mol. The number of carboxylic acids is 1. The predicted octanol–water partition coefficient (Wildman–Crippen LogP) is 1.49. The third-order valence-corrected chi connectivity index (χ3v) is 5.53. The molecule has 0 atom stereocenters. The normalized spacial score (nSPS) is 23.9. The maximum atomic E-state index is 12.3. The Morgan fingerprint density at radius 3 is 2.46 bits per heavy atom. The van der Waals surface area contributed by atoms with Crippen molar-refractivity contribution in [3.05, 3.63) is 34.9 Å². The monoisotopic (exact) mass is 381 g/mol. The number of nitrogens with one attached hydrogen (secondary N) is 1. The highest BCUT2D eigenvalue weighted by Gasteiger charge is 2.46. The number of carbonyl (C=O) groups excluding carboxylic acids is 1. The van der Waals surface area contributed by atoms with Crippen molar-refractivity contribution in [2.24, 2.45) is 0 Å². The quantitative estimate of drug-likeness (QED) is 0.694. The van der Waals surface area contributed by atoms with Gasteiger partial charge in [0.25, 0.3) is 0 Å². The second kappa shape index (κ2) is 7.42. The smallest absolute Gasteiger partial charge is 0.317 e. The zero-order valence-corrected chi connectivity index (χ0v) is 15.4. The molecule has 142 valence electrons. The lowest BCUT2D eigenvalue weighted by Crippen LogP contribution is -2.65. The minimum atomic E-state index is -1.02. The van der Waals surface area contributed by atoms with Crippen LogP contribution in [-0.4, -0.2) is 70.3 Å². The highest BCUT2D eigenvalue weighted by atomic mass is 35.5. The van der Waals surface area contributed by atoms with Crippen molar-refractivity contribution in [3.63, 3.8) is 0 Å². The van der Waals surface area contributed by atoms with Crippen LogP contribution in [0.4, 0.5) is 4.79 Å². The number of carboxylic acid groups (broad SMARTS) is 1. The van der Waals surface area contributed by atoms with E-state index in [0.29, 0.717) is 11.6 Å². The van der Waals surface area contributed by atoms with Gasteiger partial charge in [0.15, 0.2) is 0 Å². The number of rotatable bonds is 6. The lowest BCUT2D eigenvalue weighted by atomic mass is 9.84. The van der Waals surface area contributed by atoms with Crippen LogP contribution in [0.25, 0.3) is 0 Å². The Morgan fingerprint density at radius 2 is 1.92 bits per heavy atom.